The summed E-state index contributed by atoms with van der Waals surface area (Å²) in [6, 6.07) is 5.83. The smallest absolute Gasteiger partial charge is 0.280 e. The van der Waals surface area contributed by atoms with E-state index in [1.165, 1.54) is 31.5 Å². The highest BCUT2D eigenvalue weighted by atomic mass is 35.5. The first-order valence-electron chi connectivity index (χ1n) is 7.53. The van der Waals surface area contributed by atoms with Gasteiger partial charge < -0.3 is 4.42 Å². The number of Topliss-reactive ketones (excluding diaryl/α,β-unsaturated/α-hetero) is 1. The molecule has 9 heteroatoms. The van der Waals surface area contributed by atoms with Crippen molar-refractivity contribution >= 4 is 27.6 Å². The number of furan rings is 1. The first-order chi connectivity index (χ1) is 11.8. The number of carbonyl (C=O) groups excluding carboxylic acids is 1. The lowest BCUT2D eigenvalue weighted by Crippen LogP contribution is -2.54. The molecule has 134 valence electrons. The Labute approximate surface area is 149 Å². The summed E-state index contributed by atoms with van der Waals surface area (Å²) in [5.41, 5.74) is 0.523. The molecule has 3 rings (SSSR count). The van der Waals surface area contributed by atoms with Crippen molar-refractivity contribution in [3.05, 3.63) is 58.8 Å². The van der Waals surface area contributed by atoms with Crippen molar-refractivity contribution < 1.29 is 22.0 Å². The van der Waals surface area contributed by atoms with Crippen LogP contribution in [0.2, 0.25) is 5.02 Å². The van der Waals surface area contributed by atoms with Crippen LogP contribution in [0.3, 0.4) is 0 Å². The van der Waals surface area contributed by atoms with Gasteiger partial charge >= 0.3 is 0 Å². The summed E-state index contributed by atoms with van der Waals surface area (Å²) >= 11 is 5.73. The van der Waals surface area contributed by atoms with E-state index in [0.717, 1.165) is 4.31 Å². The number of nitrogens with zero attached hydrogens (tertiary/aromatic N) is 1. The first-order valence-corrected chi connectivity index (χ1v) is 9.35. The highest BCUT2D eigenvalue weighted by molar-refractivity contribution is 7.87. The molecule has 1 saturated heterocycles. The average Bonchev–Trinajstić information content (AvgIpc) is 3.07. The third-order valence-corrected chi connectivity index (χ3v) is 6.07. The maximum Gasteiger partial charge on any atom is 0.280 e. The SMILES string of the molecule is CN1C(C(=O)Cc2ccc(F)c(Cl)c2)CC(c2ccco2)NS1(=O)=O. The van der Waals surface area contributed by atoms with Gasteiger partial charge in [0.15, 0.2) is 5.78 Å². The minimum Gasteiger partial charge on any atom is -0.468 e. The van der Waals surface area contributed by atoms with Crippen molar-refractivity contribution in [1.82, 2.24) is 9.03 Å². The number of hydrogen-bond donors (Lipinski definition) is 1. The van der Waals surface area contributed by atoms with Gasteiger partial charge in [-0.15, -0.1) is 0 Å². The quantitative estimate of drug-likeness (QED) is 0.875. The molecule has 1 fully saturated rings. The molecule has 0 spiro atoms. The van der Waals surface area contributed by atoms with Crippen LogP contribution in [0.25, 0.3) is 0 Å². The van der Waals surface area contributed by atoms with Gasteiger partial charge in [0.25, 0.3) is 10.2 Å². The Hall–Kier alpha value is -1.74. The zero-order valence-corrected chi connectivity index (χ0v) is 14.8. The largest absolute Gasteiger partial charge is 0.468 e. The maximum absolute atomic E-state index is 13.2. The van der Waals surface area contributed by atoms with E-state index >= 15 is 0 Å². The van der Waals surface area contributed by atoms with Crippen molar-refractivity contribution in [1.29, 1.82) is 0 Å². The summed E-state index contributed by atoms with van der Waals surface area (Å²) in [6.07, 6.45) is 1.63. The van der Waals surface area contributed by atoms with Crippen molar-refractivity contribution in [2.45, 2.75) is 24.9 Å². The molecule has 0 aliphatic carbocycles. The van der Waals surface area contributed by atoms with Gasteiger partial charge in [0.2, 0.25) is 0 Å². The second kappa shape index (κ2) is 6.87. The summed E-state index contributed by atoms with van der Waals surface area (Å²) < 4.78 is 46.6. The normalized spacial score (nSPS) is 23.5. The predicted octanol–water partition coefficient (Wildman–Crippen LogP) is 2.46. The molecular formula is C16H16ClFN2O4S. The Morgan fingerprint density at radius 1 is 1.44 bits per heavy atom. The molecular weight excluding hydrogens is 371 g/mol. The minimum absolute atomic E-state index is 0.0462. The summed E-state index contributed by atoms with van der Waals surface area (Å²) in [5.74, 6) is -0.427. The van der Waals surface area contributed by atoms with Gasteiger partial charge in [-0.3, -0.25) is 4.79 Å². The van der Waals surface area contributed by atoms with Crippen LogP contribution in [0, 0.1) is 5.82 Å². The standard InChI is InChI=1S/C16H16ClFN2O4S/c1-20-14(15(21)8-10-4-5-12(18)11(17)7-10)9-13(19-25(20,22)23)16-3-2-6-24-16/h2-7,13-14,19H,8-9H2,1H3. The van der Waals surface area contributed by atoms with Crippen LogP contribution in [-0.4, -0.2) is 31.6 Å². The molecule has 1 N–H and O–H groups in total. The molecule has 0 amide bonds. The molecule has 1 aliphatic rings. The average molecular weight is 387 g/mol. The van der Waals surface area contributed by atoms with E-state index in [-0.39, 0.29) is 23.6 Å². The fraction of sp³-hybridized carbons (Fsp3) is 0.312. The van der Waals surface area contributed by atoms with E-state index in [9.17, 15) is 17.6 Å². The van der Waals surface area contributed by atoms with Crippen LogP contribution in [0.15, 0.2) is 41.0 Å². The van der Waals surface area contributed by atoms with E-state index in [4.69, 9.17) is 16.0 Å². The second-order valence-corrected chi connectivity index (χ2v) is 8.02. The number of benzene rings is 1. The molecule has 2 atom stereocenters. The van der Waals surface area contributed by atoms with Crippen molar-refractivity contribution in [3.63, 3.8) is 0 Å². The Morgan fingerprint density at radius 3 is 2.84 bits per heavy atom. The second-order valence-electron chi connectivity index (χ2n) is 5.85. The van der Waals surface area contributed by atoms with Gasteiger partial charge in [0, 0.05) is 13.5 Å². The number of carbonyl (C=O) groups is 1. The van der Waals surface area contributed by atoms with E-state index in [1.807, 2.05) is 0 Å². The van der Waals surface area contributed by atoms with Crippen LogP contribution in [-0.2, 0) is 21.4 Å². The fourth-order valence-electron chi connectivity index (χ4n) is 2.82. The van der Waals surface area contributed by atoms with Gasteiger partial charge in [-0.2, -0.15) is 17.4 Å². The van der Waals surface area contributed by atoms with Gasteiger partial charge in [0.05, 0.1) is 23.4 Å². The molecule has 2 unspecified atom stereocenters. The Bertz CT molecular complexity index is 886. The Kier molecular flexibility index (Phi) is 4.97. The van der Waals surface area contributed by atoms with Gasteiger partial charge in [-0.25, -0.2) is 4.39 Å². The molecule has 0 bridgehead atoms. The van der Waals surface area contributed by atoms with E-state index < -0.39 is 28.1 Å². The van der Waals surface area contributed by atoms with Crippen molar-refractivity contribution in [2.24, 2.45) is 0 Å². The first kappa shape index (κ1) is 18.1. The third kappa shape index (κ3) is 3.77. The monoisotopic (exact) mass is 386 g/mol. The van der Waals surface area contributed by atoms with Crippen LogP contribution in [0.4, 0.5) is 4.39 Å². The van der Waals surface area contributed by atoms with Gasteiger partial charge in [-0.1, -0.05) is 17.7 Å². The van der Waals surface area contributed by atoms with Crippen molar-refractivity contribution in [3.8, 4) is 0 Å². The minimum atomic E-state index is -3.82. The molecule has 1 aliphatic heterocycles. The summed E-state index contributed by atoms with van der Waals surface area (Å²) in [7, 11) is -2.47. The number of rotatable bonds is 4. The number of ketones is 1. The highest BCUT2D eigenvalue weighted by Crippen LogP contribution is 2.29. The number of nitrogens with one attached hydrogen (secondary N) is 1. The van der Waals surface area contributed by atoms with Crippen LogP contribution < -0.4 is 4.72 Å². The maximum atomic E-state index is 13.2. The summed E-state index contributed by atoms with van der Waals surface area (Å²) in [5, 5.41) is -0.0787. The number of halogens is 2. The Morgan fingerprint density at radius 2 is 2.20 bits per heavy atom. The lowest BCUT2D eigenvalue weighted by molar-refractivity contribution is -0.122. The summed E-state index contributed by atoms with van der Waals surface area (Å²) in [4.78, 5) is 12.7. The molecule has 2 aromatic rings. The molecule has 0 saturated carbocycles. The van der Waals surface area contributed by atoms with Gasteiger partial charge in [-0.05, 0) is 36.2 Å². The fourth-order valence-corrected chi connectivity index (χ4v) is 4.30. The number of hydrogen-bond acceptors (Lipinski definition) is 4. The number of likely N-dealkylation sites (N-methyl/N-ethyl adjacent to an activating group) is 1. The molecule has 1 aromatic carbocycles. The molecule has 25 heavy (non-hydrogen) atoms. The lowest BCUT2D eigenvalue weighted by atomic mass is 9.97. The summed E-state index contributed by atoms with van der Waals surface area (Å²) in [6.45, 7) is 0. The van der Waals surface area contributed by atoms with E-state index in [0.29, 0.717) is 11.3 Å². The van der Waals surface area contributed by atoms with Crippen LogP contribution in [0.1, 0.15) is 23.8 Å². The zero-order chi connectivity index (χ0) is 18.2. The Balaban J connectivity index is 1.83. The van der Waals surface area contributed by atoms with Crippen molar-refractivity contribution in [2.75, 3.05) is 7.05 Å². The molecule has 1 aromatic heterocycles. The molecule has 0 radical (unpaired) electrons. The van der Waals surface area contributed by atoms with Crippen LogP contribution in [0.5, 0.6) is 0 Å². The topological polar surface area (TPSA) is 79.6 Å². The zero-order valence-electron chi connectivity index (χ0n) is 13.3. The molecule has 6 nitrogen and oxygen atoms in total. The van der Waals surface area contributed by atoms with E-state index in [1.54, 1.807) is 12.1 Å². The van der Waals surface area contributed by atoms with Crippen LogP contribution >= 0.6 is 11.6 Å². The highest BCUT2D eigenvalue weighted by Gasteiger charge is 2.41. The third-order valence-electron chi connectivity index (χ3n) is 4.19. The van der Waals surface area contributed by atoms with E-state index in [2.05, 4.69) is 4.72 Å². The molecule has 2 heterocycles. The van der Waals surface area contributed by atoms with Gasteiger partial charge in [0.1, 0.15) is 11.6 Å². The predicted molar refractivity (Wildman–Crippen MR) is 89.8 cm³/mol. The lowest BCUT2D eigenvalue weighted by Gasteiger charge is -2.35.